The molecule has 1 unspecified atom stereocenters. The van der Waals surface area contributed by atoms with Crippen molar-refractivity contribution in [3.05, 3.63) is 59.8 Å². The molecule has 1 amide bonds. The molecule has 2 saturated heterocycles. The first kappa shape index (κ1) is 24.5. The molecule has 36 heavy (non-hydrogen) atoms. The van der Waals surface area contributed by atoms with Gasteiger partial charge in [-0.3, -0.25) is 4.79 Å². The first-order valence-corrected chi connectivity index (χ1v) is 13.2. The van der Waals surface area contributed by atoms with E-state index in [4.69, 9.17) is 19.4 Å². The van der Waals surface area contributed by atoms with Crippen LogP contribution in [-0.4, -0.2) is 59.7 Å². The van der Waals surface area contributed by atoms with Crippen molar-refractivity contribution in [2.24, 2.45) is 5.92 Å². The van der Waals surface area contributed by atoms with E-state index in [1.807, 2.05) is 55.1 Å². The van der Waals surface area contributed by atoms with Crippen molar-refractivity contribution < 1.29 is 14.3 Å². The highest BCUT2D eigenvalue weighted by molar-refractivity contribution is 5.83. The summed E-state index contributed by atoms with van der Waals surface area (Å²) < 4.78 is 11.8. The Morgan fingerprint density at radius 1 is 1.03 bits per heavy atom. The number of nitrogens with zero attached hydrogens (tertiary/aromatic N) is 4. The maximum absolute atomic E-state index is 13.4. The average Bonchev–Trinajstić information content (AvgIpc) is 2.93. The highest BCUT2D eigenvalue weighted by Gasteiger charge is 2.32. The molecule has 2 aliphatic heterocycles. The van der Waals surface area contributed by atoms with E-state index in [-0.39, 0.29) is 17.9 Å². The van der Waals surface area contributed by atoms with E-state index in [1.165, 1.54) is 5.56 Å². The van der Waals surface area contributed by atoms with Gasteiger partial charge in [-0.05, 0) is 63.3 Å². The van der Waals surface area contributed by atoms with E-state index in [1.54, 1.807) is 0 Å². The number of amides is 1. The third-order valence-corrected chi connectivity index (χ3v) is 7.29. The number of carbonyl (C=O) groups is 1. The fourth-order valence-corrected chi connectivity index (χ4v) is 5.29. The molecule has 0 aliphatic carbocycles. The fraction of sp³-hybridized carbons (Fsp3) is 0.483. The zero-order valence-corrected chi connectivity index (χ0v) is 21.4. The van der Waals surface area contributed by atoms with Crippen molar-refractivity contribution in [3.8, 4) is 5.75 Å². The van der Waals surface area contributed by atoms with Gasteiger partial charge in [0.25, 0.3) is 0 Å². The maximum atomic E-state index is 13.4. The summed E-state index contributed by atoms with van der Waals surface area (Å²) in [6.07, 6.45) is 3.90. The molecule has 1 atom stereocenters. The third-order valence-electron chi connectivity index (χ3n) is 7.29. The fourth-order valence-electron chi connectivity index (χ4n) is 5.29. The summed E-state index contributed by atoms with van der Waals surface area (Å²) in [5.41, 5.74) is 3.04. The molecule has 190 valence electrons. The van der Waals surface area contributed by atoms with Crippen LogP contribution in [-0.2, 0) is 16.1 Å². The Hall–Kier alpha value is -3.19. The molecule has 2 aromatic carbocycles. The van der Waals surface area contributed by atoms with Crippen LogP contribution in [0.4, 0.5) is 5.95 Å². The Morgan fingerprint density at radius 3 is 2.61 bits per heavy atom. The molecule has 2 fully saturated rings. The van der Waals surface area contributed by atoms with Crippen molar-refractivity contribution in [2.45, 2.75) is 52.2 Å². The summed E-state index contributed by atoms with van der Waals surface area (Å²) in [5, 5.41) is 1.01. The smallest absolute Gasteiger partial charge is 0.227 e. The van der Waals surface area contributed by atoms with Gasteiger partial charge in [-0.15, -0.1) is 0 Å². The van der Waals surface area contributed by atoms with Gasteiger partial charge in [0.05, 0.1) is 36.4 Å². The van der Waals surface area contributed by atoms with Crippen molar-refractivity contribution in [3.63, 3.8) is 0 Å². The van der Waals surface area contributed by atoms with Crippen LogP contribution in [0, 0.1) is 12.8 Å². The van der Waals surface area contributed by atoms with Crippen LogP contribution in [0.15, 0.2) is 48.5 Å². The third kappa shape index (κ3) is 5.62. The quantitative estimate of drug-likeness (QED) is 0.478. The van der Waals surface area contributed by atoms with Crippen LogP contribution in [0.1, 0.15) is 43.9 Å². The van der Waals surface area contributed by atoms with Crippen LogP contribution in [0.3, 0.4) is 0 Å². The number of ether oxygens (including phenoxy) is 2. The SMILES string of the molecule is CCOc1ccc2nc(N3CCCC(C(=O)N4CCC(OCc5ccccc5)CC4)C3)nc(C)c2c1. The number of hydrogen-bond donors (Lipinski definition) is 0. The summed E-state index contributed by atoms with van der Waals surface area (Å²) in [6.45, 7) is 8.34. The number of rotatable bonds is 7. The largest absolute Gasteiger partial charge is 0.494 e. The number of aryl methyl sites for hydroxylation is 1. The van der Waals surface area contributed by atoms with Crippen LogP contribution in [0.5, 0.6) is 5.75 Å². The minimum absolute atomic E-state index is 0.0135. The lowest BCUT2D eigenvalue weighted by Crippen LogP contribution is -2.48. The van der Waals surface area contributed by atoms with Crippen LogP contribution < -0.4 is 9.64 Å². The molecule has 5 rings (SSSR count). The second-order valence-corrected chi connectivity index (χ2v) is 9.83. The molecule has 7 nitrogen and oxygen atoms in total. The molecule has 1 aromatic heterocycles. The molecule has 3 aromatic rings. The highest BCUT2D eigenvalue weighted by atomic mass is 16.5. The summed E-state index contributed by atoms with van der Waals surface area (Å²) in [5.74, 6) is 1.80. The van der Waals surface area contributed by atoms with Crippen molar-refractivity contribution in [1.29, 1.82) is 0 Å². The number of aromatic nitrogens is 2. The van der Waals surface area contributed by atoms with E-state index in [2.05, 4.69) is 17.0 Å². The standard InChI is InChI=1S/C29H36N4O3/c1-3-35-25-11-12-27-26(18-25)21(2)30-29(31-27)33-15-7-10-23(19-33)28(34)32-16-13-24(14-17-32)36-20-22-8-5-4-6-9-22/h4-6,8-9,11-12,18,23-24H,3,7,10,13-17,19-20H2,1-2H3. The number of carbonyl (C=O) groups excluding carboxylic acids is 1. The molecule has 2 aliphatic rings. The molecule has 0 N–H and O–H groups in total. The van der Waals surface area contributed by atoms with Gasteiger partial charge in [0.1, 0.15) is 5.75 Å². The lowest BCUT2D eigenvalue weighted by atomic mass is 9.95. The predicted molar refractivity (Wildman–Crippen MR) is 141 cm³/mol. The number of anilines is 1. The van der Waals surface area contributed by atoms with E-state index >= 15 is 0 Å². The summed E-state index contributed by atoms with van der Waals surface area (Å²) in [4.78, 5) is 27.3. The summed E-state index contributed by atoms with van der Waals surface area (Å²) in [6, 6.07) is 16.2. The Bertz CT molecular complexity index is 1180. The number of likely N-dealkylation sites (tertiary alicyclic amines) is 1. The van der Waals surface area contributed by atoms with Gasteiger partial charge >= 0.3 is 0 Å². The van der Waals surface area contributed by atoms with Gasteiger partial charge in [0, 0.05) is 31.6 Å². The lowest BCUT2D eigenvalue weighted by molar-refractivity contribution is -0.138. The molecule has 0 radical (unpaired) electrons. The number of piperidine rings is 2. The Labute approximate surface area is 213 Å². The highest BCUT2D eigenvalue weighted by Crippen LogP contribution is 2.28. The molecule has 0 bridgehead atoms. The zero-order chi connectivity index (χ0) is 24.9. The Morgan fingerprint density at radius 2 is 1.83 bits per heavy atom. The van der Waals surface area contributed by atoms with Gasteiger partial charge in [-0.25, -0.2) is 9.97 Å². The first-order valence-electron chi connectivity index (χ1n) is 13.2. The van der Waals surface area contributed by atoms with Gasteiger partial charge in [0.15, 0.2) is 0 Å². The number of hydrogen-bond acceptors (Lipinski definition) is 6. The molecule has 0 spiro atoms. The summed E-state index contributed by atoms with van der Waals surface area (Å²) >= 11 is 0. The van der Waals surface area contributed by atoms with Gasteiger partial charge in [0.2, 0.25) is 11.9 Å². The van der Waals surface area contributed by atoms with Crippen LogP contribution in [0.25, 0.3) is 10.9 Å². The van der Waals surface area contributed by atoms with Gasteiger partial charge in [-0.1, -0.05) is 30.3 Å². The normalized spacial score (nSPS) is 19.0. The van der Waals surface area contributed by atoms with Crippen molar-refractivity contribution in [2.75, 3.05) is 37.7 Å². The molecule has 3 heterocycles. The minimum Gasteiger partial charge on any atom is -0.494 e. The maximum Gasteiger partial charge on any atom is 0.227 e. The molecular formula is C29H36N4O3. The predicted octanol–water partition coefficient (Wildman–Crippen LogP) is 4.76. The number of benzene rings is 2. The molecule has 7 heteroatoms. The minimum atomic E-state index is -0.0135. The van der Waals surface area contributed by atoms with E-state index in [9.17, 15) is 4.79 Å². The Balaban J connectivity index is 1.18. The molecule has 0 saturated carbocycles. The summed E-state index contributed by atoms with van der Waals surface area (Å²) in [7, 11) is 0. The second kappa shape index (κ2) is 11.2. The van der Waals surface area contributed by atoms with Crippen molar-refractivity contribution >= 4 is 22.8 Å². The molecular weight excluding hydrogens is 452 g/mol. The monoisotopic (exact) mass is 488 g/mol. The topological polar surface area (TPSA) is 67.8 Å². The van der Waals surface area contributed by atoms with Crippen LogP contribution in [0.2, 0.25) is 0 Å². The van der Waals surface area contributed by atoms with Crippen molar-refractivity contribution in [1.82, 2.24) is 14.9 Å². The zero-order valence-electron chi connectivity index (χ0n) is 21.4. The second-order valence-electron chi connectivity index (χ2n) is 9.83. The number of fused-ring (bicyclic) bond motifs is 1. The van der Waals surface area contributed by atoms with Gasteiger partial charge < -0.3 is 19.3 Å². The Kier molecular flexibility index (Phi) is 7.66. The van der Waals surface area contributed by atoms with E-state index in [0.717, 1.165) is 73.6 Å². The van der Waals surface area contributed by atoms with Crippen LogP contribution >= 0.6 is 0 Å². The first-order chi connectivity index (χ1) is 17.6. The van der Waals surface area contributed by atoms with Gasteiger partial charge in [-0.2, -0.15) is 0 Å². The van der Waals surface area contributed by atoms with E-state index in [0.29, 0.717) is 19.8 Å². The van der Waals surface area contributed by atoms with E-state index < -0.39 is 0 Å². The average molecular weight is 489 g/mol. The lowest BCUT2D eigenvalue weighted by Gasteiger charge is -2.38.